The Morgan fingerprint density at radius 1 is 1.14 bits per heavy atom. The lowest BCUT2D eigenvalue weighted by Gasteiger charge is -2.12. The van der Waals surface area contributed by atoms with Crippen molar-refractivity contribution in [3.8, 4) is 6.07 Å². The van der Waals surface area contributed by atoms with E-state index < -0.39 is 11.7 Å². The number of halogens is 4. The number of rotatable bonds is 3. The fourth-order valence-electron chi connectivity index (χ4n) is 1.79. The van der Waals surface area contributed by atoms with Crippen LogP contribution in [0.2, 0.25) is 0 Å². The van der Waals surface area contributed by atoms with Crippen molar-refractivity contribution in [2.45, 2.75) is 12.7 Å². The minimum absolute atomic E-state index is 0.329. The quantitative estimate of drug-likeness (QED) is 0.846. The molecule has 6 heteroatoms. The Morgan fingerprint density at radius 3 is 2.57 bits per heavy atom. The molecule has 0 aromatic heterocycles. The zero-order valence-corrected chi connectivity index (χ0v) is 12.3. The first-order valence-corrected chi connectivity index (χ1v) is 6.79. The van der Waals surface area contributed by atoms with Crippen LogP contribution in [0.15, 0.2) is 46.9 Å². The van der Waals surface area contributed by atoms with Crippen molar-refractivity contribution in [2.24, 2.45) is 0 Å². The fourth-order valence-corrected chi connectivity index (χ4v) is 2.17. The van der Waals surface area contributed by atoms with Gasteiger partial charge in [0, 0.05) is 16.7 Å². The van der Waals surface area contributed by atoms with Crippen molar-refractivity contribution >= 4 is 21.6 Å². The predicted molar refractivity (Wildman–Crippen MR) is 77.6 cm³/mol. The molecule has 2 rings (SSSR count). The summed E-state index contributed by atoms with van der Waals surface area (Å²) in [5.74, 6) is 0. The lowest BCUT2D eigenvalue weighted by molar-refractivity contribution is -0.137. The third-order valence-corrected chi connectivity index (χ3v) is 3.52. The average Bonchev–Trinajstić information content (AvgIpc) is 2.45. The molecular weight excluding hydrogens is 345 g/mol. The van der Waals surface area contributed by atoms with Crippen LogP contribution in [-0.2, 0) is 12.7 Å². The van der Waals surface area contributed by atoms with E-state index in [-0.39, 0.29) is 0 Å². The van der Waals surface area contributed by atoms with Crippen molar-refractivity contribution in [2.75, 3.05) is 5.32 Å². The molecule has 0 aliphatic carbocycles. The fraction of sp³-hybridized carbons (Fsp3) is 0.133. The largest absolute Gasteiger partial charge is 0.416 e. The van der Waals surface area contributed by atoms with Gasteiger partial charge in [0.2, 0.25) is 0 Å². The molecule has 0 aliphatic heterocycles. The lowest BCUT2D eigenvalue weighted by atomic mass is 10.1. The van der Waals surface area contributed by atoms with Crippen LogP contribution in [0, 0.1) is 11.3 Å². The molecule has 0 spiro atoms. The molecule has 0 saturated heterocycles. The summed E-state index contributed by atoms with van der Waals surface area (Å²) in [6.45, 7) is 0.329. The Bertz CT molecular complexity index is 690. The summed E-state index contributed by atoms with van der Waals surface area (Å²) in [4.78, 5) is 0. The van der Waals surface area contributed by atoms with Crippen molar-refractivity contribution < 1.29 is 13.2 Å². The van der Waals surface area contributed by atoms with E-state index in [1.807, 2.05) is 6.07 Å². The molecule has 0 radical (unpaired) electrons. The smallest absolute Gasteiger partial charge is 0.380 e. The first-order chi connectivity index (χ1) is 9.90. The SMILES string of the molecule is N#Cc1cccc(CNc2cc(C(F)(F)F)ccc2Br)c1. The van der Waals surface area contributed by atoms with Crippen LogP contribution in [0.3, 0.4) is 0 Å². The van der Waals surface area contributed by atoms with Crippen LogP contribution in [0.1, 0.15) is 16.7 Å². The van der Waals surface area contributed by atoms with Crippen LogP contribution >= 0.6 is 15.9 Å². The third-order valence-electron chi connectivity index (χ3n) is 2.83. The molecule has 0 amide bonds. The molecule has 0 unspecified atom stereocenters. The number of anilines is 1. The zero-order chi connectivity index (χ0) is 15.5. The zero-order valence-electron chi connectivity index (χ0n) is 10.7. The minimum atomic E-state index is -4.38. The van der Waals surface area contributed by atoms with Gasteiger partial charge in [0.15, 0.2) is 0 Å². The van der Waals surface area contributed by atoms with Crippen molar-refractivity contribution in [3.05, 3.63) is 63.6 Å². The highest BCUT2D eigenvalue weighted by molar-refractivity contribution is 9.10. The van der Waals surface area contributed by atoms with E-state index in [2.05, 4.69) is 21.2 Å². The molecule has 2 aromatic carbocycles. The number of nitriles is 1. The number of benzene rings is 2. The van der Waals surface area contributed by atoms with Crippen molar-refractivity contribution in [3.63, 3.8) is 0 Å². The summed E-state index contributed by atoms with van der Waals surface area (Å²) >= 11 is 3.22. The summed E-state index contributed by atoms with van der Waals surface area (Å²) in [6, 6.07) is 12.3. The summed E-state index contributed by atoms with van der Waals surface area (Å²) < 4.78 is 38.6. The molecule has 0 heterocycles. The van der Waals surface area contributed by atoms with Crippen molar-refractivity contribution in [1.82, 2.24) is 0 Å². The molecule has 0 atom stereocenters. The van der Waals surface area contributed by atoms with Gasteiger partial charge < -0.3 is 5.32 Å². The Hall–Kier alpha value is -2.00. The normalized spacial score (nSPS) is 11.0. The molecule has 0 fully saturated rings. The van der Waals surface area contributed by atoms with Crippen LogP contribution in [-0.4, -0.2) is 0 Å². The van der Waals surface area contributed by atoms with Gasteiger partial charge >= 0.3 is 6.18 Å². The first kappa shape index (κ1) is 15.4. The van der Waals surface area contributed by atoms with Crippen LogP contribution < -0.4 is 5.32 Å². The van der Waals surface area contributed by atoms with Gasteiger partial charge in [-0.1, -0.05) is 12.1 Å². The van der Waals surface area contributed by atoms with E-state index in [1.165, 1.54) is 6.07 Å². The van der Waals surface area contributed by atoms with E-state index in [0.29, 0.717) is 22.3 Å². The average molecular weight is 355 g/mol. The van der Waals surface area contributed by atoms with Gasteiger partial charge in [-0.25, -0.2) is 0 Å². The maximum absolute atomic E-state index is 12.7. The van der Waals surface area contributed by atoms with E-state index in [1.54, 1.807) is 24.3 Å². The molecule has 0 saturated carbocycles. The minimum Gasteiger partial charge on any atom is -0.380 e. The topological polar surface area (TPSA) is 35.8 Å². The van der Waals surface area contributed by atoms with E-state index in [0.717, 1.165) is 17.7 Å². The van der Waals surface area contributed by atoms with Crippen LogP contribution in [0.5, 0.6) is 0 Å². The maximum Gasteiger partial charge on any atom is 0.416 e. The van der Waals surface area contributed by atoms with Gasteiger partial charge in [-0.2, -0.15) is 18.4 Å². The Balaban J connectivity index is 2.18. The van der Waals surface area contributed by atoms with Crippen LogP contribution in [0.4, 0.5) is 18.9 Å². The first-order valence-electron chi connectivity index (χ1n) is 6.00. The number of nitrogens with one attached hydrogen (secondary N) is 1. The van der Waals surface area contributed by atoms with E-state index in [4.69, 9.17) is 5.26 Å². The molecule has 0 bridgehead atoms. The third kappa shape index (κ3) is 3.99. The van der Waals surface area contributed by atoms with Gasteiger partial charge in [-0.15, -0.1) is 0 Å². The summed E-state index contributed by atoms with van der Waals surface area (Å²) in [7, 11) is 0. The van der Waals surface area contributed by atoms with Gasteiger partial charge in [-0.3, -0.25) is 0 Å². The van der Waals surface area contributed by atoms with Gasteiger partial charge in [0.05, 0.1) is 17.2 Å². The monoisotopic (exact) mass is 354 g/mol. The molecule has 21 heavy (non-hydrogen) atoms. The summed E-state index contributed by atoms with van der Waals surface area (Å²) in [6.07, 6.45) is -4.38. The molecule has 0 aliphatic rings. The summed E-state index contributed by atoms with van der Waals surface area (Å²) in [5.41, 5.74) is 0.974. The standard InChI is InChI=1S/C15H10BrF3N2/c16-13-5-4-12(15(17,18)19)7-14(13)21-9-11-3-1-2-10(6-11)8-20/h1-7,21H,9H2. The van der Waals surface area contributed by atoms with Crippen LogP contribution in [0.25, 0.3) is 0 Å². The second kappa shape index (κ2) is 6.19. The maximum atomic E-state index is 12.7. The number of nitrogens with zero attached hydrogens (tertiary/aromatic N) is 1. The molecule has 108 valence electrons. The molecule has 1 N–H and O–H groups in total. The highest BCUT2D eigenvalue weighted by atomic mass is 79.9. The second-order valence-electron chi connectivity index (χ2n) is 4.36. The summed E-state index contributed by atoms with van der Waals surface area (Å²) in [5, 5.41) is 11.8. The number of hydrogen-bond acceptors (Lipinski definition) is 2. The van der Waals surface area contributed by atoms with E-state index in [9.17, 15) is 13.2 Å². The number of alkyl halides is 3. The van der Waals surface area contributed by atoms with E-state index >= 15 is 0 Å². The Labute approximate surface area is 128 Å². The molecule has 2 nitrogen and oxygen atoms in total. The molecular formula is C15H10BrF3N2. The highest BCUT2D eigenvalue weighted by Crippen LogP contribution is 2.34. The Kier molecular flexibility index (Phi) is 4.53. The van der Waals surface area contributed by atoms with Gasteiger partial charge in [0.25, 0.3) is 0 Å². The predicted octanol–water partition coefficient (Wildman–Crippen LogP) is 4.95. The second-order valence-corrected chi connectivity index (χ2v) is 5.21. The lowest BCUT2D eigenvalue weighted by Crippen LogP contribution is -2.07. The van der Waals surface area contributed by atoms with Crippen molar-refractivity contribution in [1.29, 1.82) is 5.26 Å². The van der Waals surface area contributed by atoms with Gasteiger partial charge in [-0.05, 0) is 51.8 Å². The molecule has 2 aromatic rings. The highest BCUT2D eigenvalue weighted by Gasteiger charge is 2.30. The van der Waals surface area contributed by atoms with Gasteiger partial charge in [0.1, 0.15) is 0 Å². The Morgan fingerprint density at radius 2 is 1.90 bits per heavy atom. The number of hydrogen-bond donors (Lipinski definition) is 1.